The molecule has 2 heterocycles. The van der Waals surface area contributed by atoms with Gasteiger partial charge in [0.05, 0.1) is 30.2 Å². The van der Waals surface area contributed by atoms with E-state index in [0.717, 1.165) is 31.7 Å². The lowest BCUT2D eigenvalue weighted by atomic mass is 9.98. The van der Waals surface area contributed by atoms with Gasteiger partial charge in [-0.05, 0) is 112 Å². The Morgan fingerprint density at radius 2 is 1.41 bits per heavy atom. The maximum Gasteiger partial charge on any atom is 0.417 e. The predicted octanol–water partition coefficient (Wildman–Crippen LogP) is 5.89. The number of rotatable bonds is 9. The van der Waals surface area contributed by atoms with Crippen LogP contribution in [0, 0.1) is 17.8 Å². The van der Waals surface area contributed by atoms with Crippen molar-refractivity contribution in [1.29, 1.82) is 0 Å². The number of carbonyl (C=O) groups excluding carboxylic acids is 11. The van der Waals surface area contributed by atoms with Gasteiger partial charge in [-0.1, -0.05) is 83.0 Å². The van der Waals surface area contributed by atoms with Gasteiger partial charge in [-0.2, -0.15) is 13.2 Å². The molecule has 504 valence electrons. The molecule has 27 heteroatoms. The first-order chi connectivity index (χ1) is 42.5. The summed E-state index contributed by atoms with van der Waals surface area (Å²) in [6.45, 7) is 10.8. The summed E-state index contributed by atoms with van der Waals surface area (Å²) >= 11 is 12.6. The van der Waals surface area contributed by atoms with Crippen LogP contribution < -0.4 is 10.6 Å². The number of hydrogen-bond donors (Lipinski definition) is 2. The fourth-order valence-electron chi connectivity index (χ4n) is 10.9. The maximum absolute atomic E-state index is 14.7. The summed E-state index contributed by atoms with van der Waals surface area (Å²) in [6.07, 6.45) is 3.37. The Morgan fingerprint density at radius 1 is 0.747 bits per heavy atom. The van der Waals surface area contributed by atoms with Gasteiger partial charge in [-0.25, -0.2) is 4.99 Å². The van der Waals surface area contributed by atoms with Crippen LogP contribution in [0.25, 0.3) is 0 Å². The molecule has 0 aromatic heterocycles. The fraction of sp³-hybridized carbons (Fsp3) is 0.625. The molecule has 1 fully saturated rings. The van der Waals surface area contributed by atoms with Crippen LogP contribution in [0.1, 0.15) is 124 Å². The topological polar surface area (TPSA) is 250 Å². The van der Waals surface area contributed by atoms with Gasteiger partial charge in [0.2, 0.25) is 53.2 Å². The summed E-state index contributed by atoms with van der Waals surface area (Å²) in [4.78, 5) is 170. The zero-order valence-corrected chi connectivity index (χ0v) is 56.5. The van der Waals surface area contributed by atoms with Crippen molar-refractivity contribution in [2.75, 3.05) is 82.1 Å². The van der Waals surface area contributed by atoms with Crippen LogP contribution >= 0.6 is 23.2 Å². The van der Waals surface area contributed by atoms with Gasteiger partial charge in [-0.3, -0.25) is 52.7 Å². The minimum absolute atomic E-state index is 0.00608. The van der Waals surface area contributed by atoms with E-state index in [9.17, 15) is 65.9 Å². The van der Waals surface area contributed by atoms with Crippen molar-refractivity contribution in [3.8, 4) is 0 Å². The molecule has 91 heavy (non-hydrogen) atoms. The lowest BCUT2D eigenvalue weighted by Gasteiger charge is -2.36. The number of nitrogens with zero attached hydrogens (tertiary/aromatic N) is 9. The molecule has 1 aromatic rings. The number of fused-ring (bicyclic) bond motifs is 1. The monoisotopic (exact) mass is 1320 g/mol. The zero-order chi connectivity index (χ0) is 68.5. The van der Waals surface area contributed by atoms with E-state index in [1.54, 1.807) is 52.8 Å². The van der Waals surface area contributed by atoms with Gasteiger partial charge < -0.3 is 49.8 Å². The number of alkyl halides is 3. The van der Waals surface area contributed by atoms with Crippen molar-refractivity contribution < 1.29 is 65.9 Å². The molecule has 0 radical (unpaired) electrons. The Labute approximate surface area is 542 Å². The second-order valence-corrected chi connectivity index (χ2v) is 25.6. The van der Waals surface area contributed by atoms with Crippen molar-refractivity contribution in [3.05, 3.63) is 69.3 Å². The molecule has 11 amide bonds. The second-order valence-electron chi connectivity index (χ2n) is 24.8. The molecular formula is C64H92Cl2F3N11O11. The van der Waals surface area contributed by atoms with Gasteiger partial charge in [0, 0.05) is 92.3 Å². The molecule has 1 aliphatic carbocycles. The van der Waals surface area contributed by atoms with Crippen LogP contribution in [0.5, 0.6) is 0 Å². The number of hydrogen-bond acceptors (Lipinski definition) is 11. The number of aryl methyl sites for hydroxylation is 1. The smallest absolute Gasteiger partial charge is 0.354 e. The summed E-state index contributed by atoms with van der Waals surface area (Å²) in [5, 5.41) is 5.21. The molecule has 0 saturated carbocycles. The average molecular weight is 1320 g/mol. The van der Waals surface area contributed by atoms with Crippen LogP contribution in [-0.2, 0) is 65.3 Å². The molecule has 2 N–H and O–H groups in total. The van der Waals surface area contributed by atoms with E-state index >= 15 is 0 Å². The number of allylic oxidation sites excluding steroid dienone is 5. The third kappa shape index (κ3) is 21.2. The predicted molar refractivity (Wildman–Crippen MR) is 340 cm³/mol. The van der Waals surface area contributed by atoms with Crippen LogP contribution in [0.3, 0.4) is 0 Å². The molecule has 4 rings (SSSR count). The Kier molecular flexibility index (Phi) is 28.9. The van der Waals surface area contributed by atoms with E-state index in [1.165, 1.54) is 81.1 Å². The Morgan fingerprint density at radius 3 is 2.01 bits per heavy atom. The Hall–Kier alpha value is -7.15. The summed E-state index contributed by atoms with van der Waals surface area (Å²) in [6, 6.07) is -3.47. The van der Waals surface area contributed by atoms with E-state index in [1.807, 2.05) is 13.8 Å². The number of benzene rings is 1. The van der Waals surface area contributed by atoms with E-state index in [-0.39, 0.29) is 86.5 Å². The first-order valence-electron chi connectivity index (χ1n) is 30.9. The Balaban J connectivity index is 1.75. The summed E-state index contributed by atoms with van der Waals surface area (Å²) in [5.41, 5.74) is -0.480. The summed E-state index contributed by atoms with van der Waals surface area (Å²) in [5.74, 6) is -8.17. The quantitative estimate of drug-likeness (QED) is 0.295. The number of carbonyl (C=O) groups is 11. The first-order valence-corrected chi connectivity index (χ1v) is 31.6. The highest BCUT2D eigenvalue weighted by Crippen LogP contribution is 2.35. The molecule has 1 aromatic carbocycles. The largest absolute Gasteiger partial charge is 0.417 e. The molecule has 0 unspecified atom stereocenters. The highest BCUT2D eigenvalue weighted by atomic mass is 35.5. The zero-order valence-electron chi connectivity index (χ0n) is 55.0. The minimum atomic E-state index is -4.74. The van der Waals surface area contributed by atoms with Crippen molar-refractivity contribution in [1.82, 2.24) is 49.8 Å². The summed E-state index contributed by atoms with van der Waals surface area (Å²) in [7, 11) is 9.76. The van der Waals surface area contributed by atoms with Crippen molar-refractivity contribution >= 4 is 93.9 Å². The normalized spacial score (nSPS) is 24.6. The van der Waals surface area contributed by atoms with Crippen LogP contribution in [0.15, 0.2) is 58.1 Å². The van der Waals surface area contributed by atoms with Crippen LogP contribution in [0.2, 0.25) is 5.02 Å². The SMILES string of the molecule is CC[C@H](C)C1=NC(=O)[C@H](CC(C)C)N(C)C(=O)C[C@@H](C)N(C)C(=O)[C@H](C(C)C)N(C)C(=O)CCCCNC(=O)[C@@H]2CCCN2C(=O)[C@H](CCc2ccc(C(F)(F)F)c(Cl)c2)NC(=O)CN(C)C(=O)[C@H](/C=C2\CC=CC=C2Cl)N(C)C(=O)CN(C)C(=O)CN(C)C1=O. The van der Waals surface area contributed by atoms with Gasteiger partial charge in [0.1, 0.15) is 35.9 Å². The van der Waals surface area contributed by atoms with Crippen molar-refractivity contribution in [2.45, 2.75) is 162 Å². The molecule has 0 bridgehead atoms. The highest BCUT2D eigenvalue weighted by Gasteiger charge is 2.41. The minimum Gasteiger partial charge on any atom is -0.354 e. The summed E-state index contributed by atoms with van der Waals surface area (Å²) < 4.78 is 41.0. The number of halogens is 5. The third-order valence-corrected chi connectivity index (χ3v) is 17.6. The van der Waals surface area contributed by atoms with E-state index in [2.05, 4.69) is 15.6 Å². The molecule has 1 saturated heterocycles. The van der Waals surface area contributed by atoms with Crippen molar-refractivity contribution in [3.63, 3.8) is 0 Å². The highest BCUT2D eigenvalue weighted by molar-refractivity contribution is 6.41. The third-order valence-electron chi connectivity index (χ3n) is 16.9. The molecule has 0 spiro atoms. The number of likely N-dealkylation sites (N-methyl/N-ethyl adjacent to an activating group) is 7. The molecule has 22 nitrogen and oxygen atoms in total. The lowest BCUT2D eigenvalue weighted by Crippen LogP contribution is -2.56. The second kappa shape index (κ2) is 34.5. The molecular weight excluding hydrogens is 1230 g/mol. The average Bonchev–Trinajstić information content (AvgIpc) is 2.14. The van der Waals surface area contributed by atoms with Crippen LogP contribution in [-0.4, -0.2) is 228 Å². The first kappa shape index (κ1) is 76.3. The maximum atomic E-state index is 14.7. The number of nitrogens with one attached hydrogen (secondary N) is 2. The molecule has 7 atom stereocenters. The lowest BCUT2D eigenvalue weighted by molar-refractivity contribution is -0.148. The van der Waals surface area contributed by atoms with Crippen molar-refractivity contribution in [2.24, 2.45) is 22.7 Å². The fourth-order valence-corrected chi connectivity index (χ4v) is 11.4. The van der Waals surface area contributed by atoms with E-state index < -0.39 is 138 Å². The van der Waals surface area contributed by atoms with Crippen LogP contribution in [0.4, 0.5) is 13.2 Å². The van der Waals surface area contributed by atoms with Gasteiger partial charge in [-0.15, -0.1) is 0 Å². The Bertz CT molecular complexity index is 2990. The standard InChI is InChI=1S/C64H92Cl2F3N11O11/c1-15-40(6)56-62(90)75(10)36-54(84)73(8)37-55(85)78(13)50(34-43-21-16-17-22-45(43)65)61(89)74(9)35-51(81)71-47(28-26-42-25-27-44(46(66)33-42)64(67,68)69)60(88)80-30-20-23-48(80)58(86)70-29-19-18-24-52(82)79(14)57(39(4)5)63(91)76(11)41(7)32-53(83)77(12)49(31-38(2)3)59(87)72-56/h16-17,22,25,27,33-34,38-41,47-50,57H,15,18-21,23-24,26,28-32,35-37H2,1-14H3,(H,70,86)(H,71,81)/b43-34+,72-56?/t40-,41+,47-,48-,49-,50-,57-/m0/s1. The van der Waals surface area contributed by atoms with E-state index in [4.69, 9.17) is 23.2 Å². The van der Waals surface area contributed by atoms with Gasteiger partial charge in [0.15, 0.2) is 0 Å². The van der Waals surface area contributed by atoms with Gasteiger partial charge in [0.25, 0.3) is 11.8 Å². The van der Waals surface area contributed by atoms with E-state index in [0.29, 0.717) is 36.8 Å². The molecule has 3 aliphatic rings. The number of aliphatic imine (C=N–C) groups is 1. The number of amides is 11. The van der Waals surface area contributed by atoms with Gasteiger partial charge >= 0.3 is 6.18 Å². The molecule has 2 aliphatic heterocycles.